The molecule has 0 spiro atoms. The summed E-state index contributed by atoms with van der Waals surface area (Å²) in [5.74, 6) is 1.58. The summed E-state index contributed by atoms with van der Waals surface area (Å²) in [6, 6.07) is 9.76. The van der Waals surface area contributed by atoms with Crippen LogP contribution in [0.5, 0.6) is 5.75 Å². The maximum absolute atomic E-state index is 5.69. The van der Waals surface area contributed by atoms with Gasteiger partial charge in [-0.25, -0.2) is 4.52 Å². The van der Waals surface area contributed by atoms with Crippen molar-refractivity contribution in [3.05, 3.63) is 46.7 Å². The van der Waals surface area contributed by atoms with Crippen molar-refractivity contribution in [1.82, 2.24) is 19.9 Å². The summed E-state index contributed by atoms with van der Waals surface area (Å²) in [4.78, 5) is 6.86. The summed E-state index contributed by atoms with van der Waals surface area (Å²) in [6.45, 7) is 2.35. The molecule has 20 heavy (non-hydrogen) atoms. The van der Waals surface area contributed by atoms with Crippen LogP contribution in [0.1, 0.15) is 16.4 Å². The van der Waals surface area contributed by atoms with Crippen molar-refractivity contribution in [1.29, 1.82) is 0 Å². The molecule has 102 valence electrons. The lowest BCUT2D eigenvalue weighted by Gasteiger charge is -2.11. The van der Waals surface area contributed by atoms with E-state index in [-0.39, 0.29) is 0 Å². The van der Waals surface area contributed by atoms with Crippen LogP contribution in [0.4, 0.5) is 0 Å². The normalized spacial score (nSPS) is 14.4. The Morgan fingerprint density at radius 2 is 2.20 bits per heavy atom. The van der Waals surface area contributed by atoms with E-state index >= 15 is 0 Å². The van der Waals surface area contributed by atoms with Gasteiger partial charge in [0.1, 0.15) is 12.4 Å². The fourth-order valence-electron chi connectivity index (χ4n) is 2.39. The Hall–Kier alpha value is -1.92. The van der Waals surface area contributed by atoms with Gasteiger partial charge in [0.25, 0.3) is 0 Å². The van der Waals surface area contributed by atoms with Crippen LogP contribution in [0.25, 0.3) is 4.96 Å². The number of aromatic nitrogens is 3. The second-order valence-corrected chi connectivity index (χ2v) is 5.78. The minimum absolute atomic E-state index is 0.408. The first-order valence-corrected chi connectivity index (χ1v) is 7.46. The number of benzene rings is 1. The lowest BCUT2D eigenvalue weighted by Crippen LogP contribution is -2.23. The van der Waals surface area contributed by atoms with Crippen molar-refractivity contribution < 1.29 is 4.74 Å². The quantitative estimate of drug-likeness (QED) is 0.800. The third-order valence-corrected chi connectivity index (χ3v) is 4.42. The second kappa shape index (κ2) is 4.88. The van der Waals surface area contributed by atoms with E-state index in [4.69, 9.17) is 4.74 Å². The Morgan fingerprint density at radius 1 is 1.30 bits per heavy atom. The van der Waals surface area contributed by atoms with Gasteiger partial charge in [-0.15, -0.1) is 5.10 Å². The smallest absolute Gasteiger partial charge is 0.212 e. The van der Waals surface area contributed by atoms with Crippen molar-refractivity contribution >= 4 is 16.3 Å². The molecule has 0 saturated carbocycles. The average molecular weight is 286 g/mol. The zero-order chi connectivity index (χ0) is 13.4. The van der Waals surface area contributed by atoms with Gasteiger partial charge in [0, 0.05) is 24.4 Å². The summed E-state index contributed by atoms with van der Waals surface area (Å²) < 4.78 is 7.67. The molecule has 1 aliphatic rings. The molecular weight excluding hydrogens is 272 g/mol. The molecule has 0 aliphatic carbocycles. The van der Waals surface area contributed by atoms with Gasteiger partial charge in [-0.3, -0.25) is 0 Å². The van der Waals surface area contributed by atoms with Gasteiger partial charge in [-0.1, -0.05) is 29.5 Å². The van der Waals surface area contributed by atoms with E-state index in [2.05, 4.69) is 15.4 Å². The Bertz CT molecular complexity index is 734. The maximum Gasteiger partial charge on any atom is 0.212 e. The van der Waals surface area contributed by atoms with Crippen LogP contribution in [-0.4, -0.2) is 21.1 Å². The first-order valence-electron chi connectivity index (χ1n) is 6.65. The van der Waals surface area contributed by atoms with Gasteiger partial charge in [-0.2, -0.15) is 4.98 Å². The van der Waals surface area contributed by atoms with Crippen molar-refractivity contribution in [2.75, 3.05) is 6.54 Å². The van der Waals surface area contributed by atoms with E-state index < -0.39 is 0 Å². The number of ether oxygens (including phenoxy) is 1. The molecule has 1 N–H and O–H groups in total. The van der Waals surface area contributed by atoms with Crippen LogP contribution in [0.2, 0.25) is 0 Å². The van der Waals surface area contributed by atoms with Crippen LogP contribution in [0.3, 0.4) is 0 Å². The van der Waals surface area contributed by atoms with E-state index in [0.717, 1.165) is 36.0 Å². The fourth-order valence-corrected chi connectivity index (χ4v) is 3.47. The third kappa shape index (κ3) is 2.07. The molecule has 0 atom stereocenters. The fraction of sp³-hybridized carbons (Fsp3) is 0.286. The Labute approximate surface area is 120 Å². The first-order chi connectivity index (χ1) is 9.90. The van der Waals surface area contributed by atoms with Crippen molar-refractivity contribution in [2.45, 2.75) is 19.6 Å². The summed E-state index contributed by atoms with van der Waals surface area (Å²) in [6.07, 6.45) is 1.01. The summed E-state index contributed by atoms with van der Waals surface area (Å²) in [7, 11) is 0. The molecule has 0 bridgehead atoms. The highest BCUT2D eigenvalue weighted by atomic mass is 32.1. The highest BCUT2D eigenvalue weighted by Crippen LogP contribution is 2.24. The Kier molecular flexibility index (Phi) is 2.90. The zero-order valence-electron chi connectivity index (χ0n) is 10.9. The van der Waals surface area contributed by atoms with Crippen LogP contribution in [0, 0.1) is 0 Å². The molecular formula is C14H14N4OS. The molecule has 6 heteroatoms. The number of thiazole rings is 1. The molecule has 3 heterocycles. The molecule has 0 fully saturated rings. The molecule has 4 rings (SSSR count). The van der Waals surface area contributed by atoms with Gasteiger partial charge in [0.05, 0.1) is 5.69 Å². The minimum atomic E-state index is 0.408. The number of para-hydroxylation sites is 1. The third-order valence-electron chi connectivity index (χ3n) is 3.35. The van der Waals surface area contributed by atoms with E-state index in [1.54, 1.807) is 11.3 Å². The van der Waals surface area contributed by atoms with Crippen LogP contribution < -0.4 is 10.1 Å². The highest BCUT2D eigenvalue weighted by molar-refractivity contribution is 7.17. The summed E-state index contributed by atoms with van der Waals surface area (Å²) in [5.41, 5.74) is 1.29. The molecule has 3 aromatic rings. The minimum Gasteiger partial charge on any atom is -0.486 e. The maximum atomic E-state index is 5.69. The largest absolute Gasteiger partial charge is 0.486 e. The number of hydrogen-bond acceptors (Lipinski definition) is 5. The Morgan fingerprint density at radius 3 is 3.10 bits per heavy atom. The van der Waals surface area contributed by atoms with Crippen LogP contribution in [-0.2, 0) is 19.6 Å². The predicted octanol–water partition coefficient (Wildman–Crippen LogP) is 2.02. The van der Waals surface area contributed by atoms with Crippen molar-refractivity contribution in [3.63, 3.8) is 0 Å². The number of fused-ring (bicyclic) bond motifs is 3. The molecule has 0 amide bonds. The van der Waals surface area contributed by atoms with Gasteiger partial charge in [-0.05, 0) is 12.1 Å². The molecule has 1 aliphatic heterocycles. The monoisotopic (exact) mass is 286 g/mol. The summed E-state index contributed by atoms with van der Waals surface area (Å²) >= 11 is 1.71. The number of nitrogens with one attached hydrogen (secondary N) is 1. The van der Waals surface area contributed by atoms with Crippen molar-refractivity contribution in [2.24, 2.45) is 0 Å². The highest BCUT2D eigenvalue weighted by Gasteiger charge is 2.18. The van der Waals surface area contributed by atoms with E-state index in [9.17, 15) is 0 Å². The lowest BCUT2D eigenvalue weighted by molar-refractivity contribution is 0.296. The van der Waals surface area contributed by atoms with Crippen LogP contribution in [0.15, 0.2) is 30.3 Å². The van der Waals surface area contributed by atoms with Crippen LogP contribution >= 0.6 is 11.3 Å². The molecule has 0 radical (unpaired) electrons. The molecule has 1 aromatic carbocycles. The molecule has 2 aromatic heterocycles. The second-order valence-electron chi connectivity index (χ2n) is 4.72. The zero-order valence-corrected chi connectivity index (χ0v) is 11.7. The Balaban J connectivity index is 1.57. The average Bonchev–Trinajstić information content (AvgIpc) is 3.03. The van der Waals surface area contributed by atoms with E-state index in [1.807, 2.05) is 34.8 Å². The molecule has 0 unspecified atom stereocenters. The topological polar surface area (TPSA) is 51.5 Å². The van der Waals surface area contributed by atoms with Gasteiger partial charge in [0.2, 0.25) is 4.96 Å². The molecule has 5 nitrogen and oxygen atoms in total. The van der Waals surface area contributed by atoms with Gasteiger partial charge in [0.15, 0.2) is 5.82 Å². The van der Waals surface area contributed by atoms with Gasteiger partial charge >= 0.3 is 0 Å². The standard InChI is InChI=1S/C14H14N4OS/c1-2-4-10(5-3-1)19-9-13-16-14-18(17-13)11-6-7-15-8-12(11)20-14/h1-5,15H,6-9H2. The first kappa shape index (κ1) is 11.9. The van der Waals surface area contributed by atoms with E-state index in [1.165, 1.54) is 10.6 Å². The van der Waals surface area contributed by atoms with E-state index in [0.29, 0.717) is 6.61 Å². The number of rotatable bonds is 3. The predicted molar refractivity (Wildman–Crippen MR) is 77.0 cm³/mol. The SMILES string of the molecule is c1ccc(OCc2nc3sc4c(n3n2)CCNC4)cc1. The van der Waals surface area contributed by atoms with Crippen molar-refractivity contribution in [3.8, 4) is 5.75 Å². The summed E-state index contributed by atoms with van der Waals surface area (Å²) in [5, 5.41) is 7.93. The number of hydrogen-bond donors (Lipinski definition) is 1. The number of nitrogens with zero attached hydrogens (tertiary/aromatic N) is 3. The molecule has 0 saturated heterocycles. The van der Waals surface area contributed by atoms with Gasteiger partial charge < -0.3 is 10.1 Å². The lowest BCUT2D eigenvalue weighted by atomic mass is 10.2.